The summed E-state index contributed by atoms with van der Waals surface area (Å²) in [7, 11) is 2.97. The number of methoxy groups -OCH3 is 1. The van der Waals surface area contributed by atoms with Crippen LogP contribution in [0.4, 0.5) is 0 Å². The van der Waals surface area contributed by atoms with E-state index in [1.165, 1.54) is 21.1 Å². The minimum atomic E-state index is -1.35. The van der Waals surface area contributed by atoms with Gasteiger partial charge in [0.1, 0.15) is 5.41 Å². The van der Waals surface area contributed by atoms with E-state index in [4.69, 9.17) is 9.84 Å². The number of nitrogens with one attached hydrogen (secondary N) is 1. The van der Waals surface area contributed by atoms with E-state index in [-0.39, 0.29) is 6.42 Å². The molecule has 0 radical (unpaired) electrons. The Bertz CT molecular complexity index is 217. The van der Waals surface area contributed by atoms with Crippen LogP contribution in [0.2, 0.25) is 0 Å². The summed E-state index contributed by atoms with van der Waals surface area (Å²) in [4.78, 5) is 22.3. The van der Waals surface area contributed by atoms with Crippen molar-refractivity contribution in [2.24, 2.45) is 5.41 Å². The molecule has 0 aliphatic carbocycles. The van der Waals surface area contributed by atoms with Gasteiger partial charge in [0.05, 0.1) is 0 Å². The van der Waals surface area contributed by atoms with Crippen LogP contribution in [0.15, 0.2) is 0 Å². The van der Waals surface area contributed by atoms with Crippen molar-refractivity contribution < 1.29 is 19.4 Å². The number of hydrogen-bond acceptors (Lipinski definition) is 3. The molecule has 5 heteroatoms. The third kappa shape index (κ3) is 2.99. The van der Waals surface area contributed by atoms with Gasteiger partial charge in [-0.3, -0.25) is 9.59 Å². The molecule has 14 heavy (non-hydrogen) atoms. The molecule has 2 N–H and O–H groups in total. The van der Waals surface area contributed by atoms with E-state index in [9.17, 15) is 9.59 Å². The molecule has 0 rings (SSSR count). The van der Waals surface area contributed by atoms with E-state index in [1.54, 1.807) is 0 Å². The normalized spacial score (nSPS) is 14.5. The quantitative estimate of drug-likeness (QED) is 0.479. The maximum absolute atomic E-state index is 11.3. The van der Waals surface area contributed by atoms with Gasteiger partial charge in [0.2, 0.25) is 5.91 Å². The van der Waals surface area contributed by atoms with Gasteiger partial charge < -0.3 is 15.2 Å². The number of ether oxygens (including phenoxy) is 1. The molecule has 0 saturated heterocycles. The van der Waals surface area contributed by atoms with Crippen molar-refractivity contribution in [2.75, 3.05) is 20.8 Å². The molecule has 0 fully saturated rings. The van der Waals surface area contributed by atoms with Gasteiger partial charge in [0.25, 0.3) is 0 Å². The first-order chi connectivity index (χ1) is 6.49. The van der Waals surface area contributed by atoms with Gasteiger partial charge in [-0.25, -0.2) is 0 Å². The van der Waals surface area contributed by atoms with Crippen molar-refractivity contribution in [3.8, 4) is 0 Å². The minimum absolute atomic E-state index is 0.274. The summed E-state index contributed by atoms with van der Waals surface area (Å²) in [6.45, 7) is 1.88. The number of amides is 1. The smallest absolute Gasteiger partial charge is 0.318 e. The van der Waals surface area contributed by atoms with Crippen molar-refractivity contribution in [2.45, 2.75) is 19.8 Å². The molecule has 1 atom stereocenters. The molecule has 1 unspecified atom stereocenters. The summed E-state index contributed by atoms with van der Waals surface area (Å²) < 4.78 is 4.81. The number of carboxylic acid groups (broad SMARTS) is 1. The fraction of sp³-hybridized carbons (Fsp3) is 0.778. The van der Waals surface area contributed by atoms with Crippen LogP contribution in [-0.2, 0) is 14.3 Å². The second-order valence-electron chi connectivity index (χ2n) is 3.31. The standard InChI is InChI=1S/C9H17NO4/c1-9(8(12)13,7(11)10-2)5-4-6-14-3/h4-6H2,1-3H3,(H,10,11)(H,12,13). The third-order valence-corrected chi connectivity index (χ3v) is 2.23. The fourth-order valence-electron chi connectivity index (χ4n) is 1.16. The van der Waals surface area contributed by atoms with E-state index in [2.05, 4.69) is 5.32 Å². The zero-order valence-corrected chi connectivity index (χ0v) is 8.79. The molecule has 0 bridgehead atoms. The predicted octanol–water partition coefficient (Wildman–Crippen LogP) is 0.250. The highest BCUT2D eigenvalue weighted by molar-refractivity contribution is 6.01. The van der Waals surface area contributed by atoms with Crippen molar-refractivity contribution in [3.05, 3.63) is 0 Å². The summed E-state index contributed by atoms with van der Waals surface area (Å²) >= 11 is 0. The van der Waals surface area contributed by atoms with Crippen LogP contribution in [0.3, 0.4) is 0 Å². The monoisotopic (exact) mass is 203 g/mol. The molecule has 0 spiro atoms. The molecule has 1 amide bonds. The Kier molecular flexibility index (Phi) is 5.15. The maximum atomic E-state index is 11.3. The molecule has 82 valence electrons. The molecule has 0 aromatic rings. The van der Waals surface area contributed by atoms with Gasteiger partial charge in [0.15, 0.2) is 0 Å². The number of rotatable bonds is 6. The van der Waals surface area contributed by atoms with E-state index in [0.29, 0.717) is 13.0 Å². The van der Waals surface area contributed by atoms with Crippen LogP contribution >= 0.6 is 0 Å². The molecule has 5 nitrogen and oxygen atoms in total. The molecule has 0 aliphatic heterocycles. The van der Waals surface area contributed by atoms with E-state index >= 15 is 0 Å². The lowest BCUT2D eigenvalue weighted by Gasteiger charge is -2.22. The highest BCUT2D eigenvalue weighted by atomic mass is 16.5. The van der Waals surface area contributed by atoms with Crippen molar-refractivity contribution in [1.82, 2.24) is 5.32 Å². The average molecular weight is 203 g/mol. The summed E-state index contributed by atoms with van der Waals surface area (Å²) in [5.74, 6) is -1.57. The SMILES string of the molecule is CNC(=O)C(C)(CCCOC)C(=O)O. The first-order valence-electron chi connectivity index (χ1n) is 4.43. The summed E-state index contributed by atoms with van der Waals surface area (Å²) in [5, 5.41) is 11.3. The van der Waals surface area contributed by atoms with Crippen LogP contribution in [0, 0.1) is 5.41 Å². The van der Waals surface area contributed by atoms with Crippen molar-refractivity contribution in [1.29, 1.82) is 0 Å². The Morgan fingerprint density at radius 3 is 2.43 bits per heavy atom. The number of hydrogen-bond donors (Lipinski definition) is 2. The van der Waals surface area contributed by atoms with E-state index < -0.39 is 17.3 Å². The molecular weight excluding hydrogens is 186 g/mol. The van der Waals surface area contributed by atoms with Crippen LogP contribution in [0.25, 0.3) is 0 Å². The van der Waals surface area contributed by atoms with Gasteiger partial charge in [-0.15, -0.1) is 0 Å². The van der Waals surface area contributed by atoms with Gasteiger partial charge in [-0.05, 0) is 19.8 Å². The Hall–Kier alpha value is -1.10. The molecule has 0 aliphatic rings. The lowest BCUT2D eigenvalue weighted by molar-refractivity contribution is -0.155. The van der Waals surface area contributed by atoms with Gasteiger partial charge in [0, 0.05) is 20.8 Å². The first kappa shape index (κ1) is 12.9. The Labute approximate surface area is 83.4 Å². The molecule has 0 aromatic carbocycles. The zero-order chi connectivity index (χ0) is 11.2. The first-order valence-corrected chi connectivity index (χ1v) is 4.43. The van der Waals surface area contributed by atoms with Gasteiger partial charge >= 0.3 is 5.97 Å². The van der Waals surface area contributed by atoms with Gasteiger partial charge in [-0.2, -0.15) is 0 Å². The topological polar surface area (TPSA) is 75.6 Å². The summed E-state index contributed by atoms with van der Waals surface area (Å²) in [6, 6.07) is 0. The highest BCUT2D eigenvalue weighted by Gasteiger charge is 2.39. The third-order valence-electron chi connectivity index (χ3n) is 2.23. The fourth-order valence-corrected chi connectivity index (χ4v) is 1.16. The predicted molar refractivity (Wildman–Crippen MR) is 50.9 cm³/mol. The molecule has 0 aromatic heterocycles. The van der Waals surface area contributed by atoms with E-state index in [0.717, 1.165) is 0 Å². The van der Waals surface area contributed by atoms with Gasteiger partial charge in [-0.1, -0.05) is 0 Å². The number of aliphatic carboxylic acids is 1. The van der Waals surface area contributed by atoms with Crippen LogP contribution < -0.4 is 5.32 Å². The van der Waals surface area contributed by atoms with Crippen LogP contribution in [-0.4, -0.2) is 37.7 Å². The van der Waals surface area contributed by atoms with Crippen molar-refractivity contribution >= 4 is 11.9 Å². The van der Waals surface area contributed by atoms with Crippen LogP contribution in [0.5, 0.6) is 0 Å². The summed E-state index contributed by atoms with van der Waals surface area (Å²) in [6.07, 6.45) is 0.822. The highest BCUT2D eigenvalue weighted by Crippen LogP contribution is 2.23. The number of carbonyl (C=O) groups is 2. The lowest BCUT2D eigenvalue weighted by Crippen LogP contribution is -2.43. The van der Waals surface area contributed by atoms with E-state index in [1.807, 2.05) is 0 Å². The minimum Gasteiger partial charge on any atom is -0.480 e. The maximum Gasteiger partial charge on any atom is 0.318 e. The Morgan fingerprint density at radius 2 is 2.07 bits per heavy atom. The lowest BCUT2D eigenvalue weighted by atomic mass is 9.84. The zero-order valence-electron chi connectivity index (χ0n) is 8.79. The largest absolute Gasteiger partial charge is 0.480 e. The Balaban J connectivity index is 4.40. The molecular formula is C9H17NO4. The second kappa shape index (κ2) is 5.59. The van der Waals surface area contributed by atoms with Crippen LogP contribution in [0.1, 0.15) is 19.8 Å². The number of carboxylic acids is 1. The summed E-state index contributed by atoms with van der Waals surface area (Å²) in [5.41, 5.74) is -1.35. The van der Waals surface area contributed by atoms with Crippen molar-refractivity contribution in [3.63, 3.8) is 0 Å². The second-order valence-corrected chi connectivity index (χ2v) is 3.31. The average Bonchev–Trinajstić information content (AvgIpc) is 2.16. The molecule has 0 saturated carbocycles. The number of carbonyl (C=O) groups excluding carboxylic acids is 1. The Morgan fingerprint density at radius 1 is 1.50 bits per heavy atom. The molecule has 0 heterocycles.